The number of rotatable bonds is 8. The number of hydrogen-bond donors (Lipinski definition) is 1. The Morgan fingerprint density at radius 3 is 2.47 bits per heavy atom. The molecule has 2 aliphatic rings. The normalized spacial score (nSPS) is 17.6. The molecule has 0 radical (unpaired) electrons. The van der Waals surface area contributed by atoms with E-state index in [9.17, 15) is 22.8 Å². The summed E-state index contributed by atoms with van der Waals surface area (Å²) in [4.78, 5) is 40.4. The molecule has 1 aliphatic carbocycles. The number of carbonyl (C=O) groups is 3. The molecule has 1 N–H and O–H groups in total. The average Bonchev–Trinajstić information content (AvgIpc) is 3.42. The van der Waals surface area contributed by atoms with Crippen molar-refractivity contribution in [3.63, 3.8) is 0 Å². The molecule has 11 heteroatoms. The van der Waals surface area contributed by atoms with Crippen LogP contribution in [0.4, 0.5) is 0 Å². The highest BCUT2D eigenvalue weighted by atomic mass is 35.5. The van der Waals surface area contributed by atoms with Crippen molar-refractivity contribution in [2.45, 2.75) is 62.6 Å². The van der Waals surface area contributed by atoms with E-state index in [4.69, 9.17) is 23.2 Å². The lowest BCUT2D eigenvalue weighted by Gasteiger charge is -2.30. The Bertz CT molecular complexity index is 1290. The van der Waals surface area contributed by atoms with Crippen molar-refractivity contribution < 1.29 is 22.8 Å². The Morgan fingerprint density at radius 2 is 1.81 bits per heavy atom. The SMILES string of the molecule is C[C@@H](C(=O)NC1CCCC1)N(Cc1ccc(Cl)c(Cl)c1)C(=O)CCN1C(=O)c2ccccc2S1(=O)=O. The van der Waals surface area contributed by atoms with Gasteiger partial charge in [0.05, 0.1) is 15.6 Å². The summed E-state index contributed by atoms with van der Waals surface area (Å²) < 4.78 is 26.4. The Labute approximate surface area is 220 Å². The van der Waals surface area contributed by atoms with E-state index in [0.29, 0.717) is 15.6 Å². The Balaban J connectivity index is 1.52. The van der Waals surface area contributed by atoms with E-state index >= 15 is 0 Å². The molecule has 4 rings (SSSR count). The summed E-state index contributed by atoms with van der Waals surface area (Å²) in [5.41, 5.74) is 0.748. The molecule has 0 spiro atoms. The van der Waals surface area contributed by atoms with E-state index in [-0.39, 0.29) is 41.9 Å². The number of nitrogens with zero attached hydrogens (tertiary/aromatic N) is 2. The van der Waals surface area contributed by atoms with Gasteiger partial charge in [-0.25, -0.2) is 12.7 Å². The summed E-state index contributed by atoms with van der Waals surface area (Å²) in [6.07, 6.45) is 3.61. The van der Waals surface area contributed by atoms with E-state index < -0.39 is 27.9 Å². The van der Waals surface area contributed by atoms with E-state index in [2.05, 4.69) is 5.32 Å². The van der Waals surface area contributed by atoms with Gasteiger partial charge in [-0.05, 0) is 49.6 Å². The number of amides is 3. The van der Waals surface area contributed by atoms with Crippen LogP contribution in [0.5, 0.6) is 0 Å². The van der Waals surface area contributed by atoms with Gasteiger partial charge in [0.1, 0.15) is 10.9 Å². The first-order valence-corrected chi connectivity index (χ1v) is 14.0. The standard InChI is InChI=1S/C25H27Cl2N3O5S/c1-16(24(32)28-18-6-2-3-7-18)29(15-17-10-11-20(26)21(27)14-17)23(31)12-13-30-25(33)19-8-4-5-9-22(19)36(30,34)35/h4-5,8-11,14,16,18H,2-3,6-7,12-13,15H2,1H3,(H,28,32)/t16-/m0/s1. The molecule has 36 heavy (non-hydrogen) atoms. The van der Waals surface area contributed by atoms with Gasteiger partial charge in [0.15, 0.2) is 0 Å². The lowest BCUT2D eigenvalue weighted by molar-refractivity contribution is -0.140. The summed E-state index contributed by atoms with van der Waals surface area (Å²) in [7, 11) is -4.04. The number of benzene rings is 2. The van der Waals surface area contributed by atoms with Gasteiger partial charge in [-0.1, -0.05) is 54.2 Å². The van der Waals surface area contributed by atoms with Crippen molar-refractivity contribution in [2.24, 2.45) is 0 Å². The molecule has 1 fully saturated rings. The van der Waals surface area contributed by atoms with Gasteiger partial charge in [-0.2, -0.15) is 0 Å². The fourth-order valence-electron chi connectivity index (χ4n) is 4.60. The first-order chi connectivity index (χ1) is 17.1. The van der Waals surface area contributed by atoms with Gasteiger partial charge in [-0.15, -0.1) is 0 Å². The molecule has 0 bridgehead atoms. The first-order valence-electron chi connectivity index (χ1n) is 11.8. The number of hydrogen-bond acceptors (Lipinski definition) is 5. The first kappa shape index (κ1) is 26.4. The smallest absolute Gasteiger partial charge is 0.269 e. The number of halogens is 2. The predicted octanol–water partition coefficient (Wildman–Crippen LogP) is 4.00. The summed E-state index contributed by atoms with van der Waals surface area (Å²) in [6, 6.07) is 10.1. The van der Waals surface area contributed by atoms with E-state index in [0.717, 1.165) is 30.0 Å². The van der Waals surface area contributed by atoms with Crippen LogP contribution in [0.2, 0.25) is 10.0 Å². The molecule has 1 heterocycles. The van der Waals surface area contributed by atoms with Crippen molar-refractivity contribution in [3.05, 3.63) is 63.6 Å². The molecule has 0 unspecified atom stereocenters. The molecule has 0 saturated heterocycles. The van der Waals surface area contributed by atoms with E-state index in [1.54, 1.807) is 37.3 Å². The fourth-order valence-corrected chi connectivity index (χ4v) is 6.49. The molecule has 2 aromatic carbocycles. The van der Waals surface area contributed by atoms with Gasteiger partial charge >= 0.3 is 0 Å². The second kappa shape index (κ2) is 10.8. The molecule has 2 aromatic rings. The van der Waals surface area contributed by atoms with Crippen molar-refractivity contribution in [2.75, 3.05) is 6.54 Å². The monoisotopic (exact) mass is 551 g/mol. The molecule has 0 aromatic heterocycles. The topological polar surface area (TPSA) is 104 Å². The van der Waals surface area contributed by atoms with E-state index in [1.807, 2.05) is 0 Å². The fraction of sp³-hybridized carbons (Fsp3) is 0.400. The third-order valence-corrected chi connectivity index (χ3v) is 9.23. The van der Waals surface area contributed by atoms with E-state index in [1.165, 1.54) is 17.0 Å². The van der Waals surface area contributed by atoms with Gasteiger partial charge in [0, 0.05) is 25.6 Å². The third kappa shape index (κ3) is 5.38. The van der Waals surface area contributed by atoms with Crippen LogP contribution in [0.1, 0.15) is 54.9 Å². The van der Waals surface area contributed by atoms with Crippen molar-refractivity contribution in [1.82, 2.24) is 14.5 Å². The molecular formula is C25H27Cl2N3O5S. The summed E-state index contributed by atoms with van der Waals surface area (Å²) in [5.74, 6) is -1.41. The zero-order valence-electron chi connectivity index (χ0n) is 19.7. The van der Waals surface area contributed by atoms with Crippen molar-refractivity contribution in [1.29, 1.82) is 0 Å². The maximum Gasteiger partial charge on any atom is 0.269 e. The maximum absolute atomic E-state index is 13.4. The second-order valence-corrected chi connectivity index (χ2v) is 11.7. The number of sulfonamides is 1. The quantitative estimate of drug-likeness (QED) is 0.533. The van der Waals surface area contributed by atoms with Crippen LogP contribution in [-0.2, 0) is 26.2 Å². The van der Waals surface area contributed by atoms with Crippen molar-refractivity contribution in [3.8, 4) is 0 Å². The van der Waals surface area contributed by atoms with Gasteiger partial charge < -0.3 is 10.2 Å². The average molecular weight is 552 g/mol. The largest absolute Gasteiger partial charge is 0.352 e. The van der Waals surface area contributed by atoms with Gasteiger partial charge in [0.2, 0.25) is 11.8 Å². The lowest BCUT2D eigenvalue weighted by Crippen LogP contribution is -2.50. The van der Waals surface area contributed by atoms with Crippen molar-refractivity contribution >= 4 is 50.9 Å². The number of fused-ring (bicyclic) bond motifs is 1. The van der Waals surface area contributed by atoms with Crippen LogP contribution >= 0.6 is 23.2 Å². The number of carbonyl (C=O) groups excluding carboxylic acids is 3. The minimum atomic E-state index is -4.04. The minimum Gasteiger partial charge on any atom is -0.352 e. The maximum atomic E-state index is 13.4. The van der Waals surface area contributed by atoms with Crippen LogP contribution < -0.4 is 5.32 Å². The molecule has 1 saturated carbocycles. The lowest BCUT2D eigenvalue weighted by atomic mass is 10.1. The zero-order chi connectivity index (χ0) is 26.0. The highest BCUT2D eigenvalue weighted by Gasteiger charge is 2.41. The van der Waals surface area contributed by atoms with Gasteiger partial charge in [-0.3, -0.25) is 14.4 Å². The third-order valence-electron chi connectivity index (χ3n) is 6.65. The summed E-state index contributed by atoms with van der Waals surface area (Å²) >= 11 is 12.2. The zero-order valence-corrected chi connectivity index (χ0v) is 22.1. The van der Waals surface area contributed by atoms with Crippen LogP contribution in [0.25, 0.3) is 0 Å². The van der Waals surface area contributed by atoms with Crippen LogP contribution in [0.15, 0.2) is 47.4 Å². The Kier molecular flexibility index (Phi) is 7.92. The van der Waals surface area contributed by atoms with Crippen LogP contribution in [0.3, 0.4) is 0 Å². The Hall–Kier alpha value is -2.62. The van der Waals surface area contributed by atoms with Crippen LogP contribution in [0, 0.1) is 0 Å². The predicted molar refractivity (Wildman–Crippen MR) is 136 cm³/mol. The Morgan fingerprint density at radius 1 is 1.11 bits per heavy atom. The van der Waals surface area contributed by atoms with Crippen LogP contribution in [-0.4, -0.2) is 54.0 Å². The molecule has 1 atom stereocenters. The second-order valence-electron chi connectivity index (χ2n) is 9.06. The number of nitrogens with one attached hydrogen (secondary N) is 1. The highest BCUT2D eigenvalue weighted by Crippen LogP contribution is 2.30. The molecular weight excluding hydrogens is 525 g/mol. The molecule has 8 nitrogen and oxygen atoms in total. The minimum absolute atomic E-state index is 0.0654. The van der Waals surface area contributed by atoms with Gasteiger partial charge in [0.25, 0.3) is 15.9 Å². The molecule has 3 amide bonds. The summed E-state index contributed by atoms with van der Waals surface area (Å²) in [5, 5.41) is 3.69. The molecule has 1 aliphatic heterocycles. The molecule has 192 valence electrons. The summed E-state index contributed by atoms with van der Waals surface area (Å²) in [6.45, 7) is 1.37. The highest BCUT2D eigenvalue weighted by molar-refractivity contribution is 7.90.